The van der Waals surface area contributed by atoms with Crippen LogP contribution in [0.4, 0.5) is 5.82 Å². The molecule has 0 saturated carbocycles. The van der Waals surface area contributed by atoms with E-state index in [-0.39, 0.29) is 0 Å². The number of hydrogen-bond donors (Lipinski definition) is 1. The smallest absolute Gasteiger partial charge is 0.155 e. The summed E-state index contributed by atoms with van der Waals surface area (Å²) in [5, 5.41) is 4.07. The predicted molar refractivity (Wildman–Crippen MR) is 81.3 cm³/mol. The van der Waals surface area contributed by atoms with Gasteiger partial charge < -0.3 is 5.73 Å². The van der Waals surface area contributed by atoms with E-state index in [1.54, 1.807) is 32.2 Å². The molecular weight excluding hydrogens is 298 g/mol. The molecule has 108 valence electrons. The molecule has 0 aliphatic carbocycles. The predicted octanol–water partition coefficient (Wildman–Crippen LogP) is 2.43. The van der Waals surface area contributed by atoms with Gasteiger partial charge in [-0.3, -0.25) is 4.68 Å². The monoisotopic (exact) mass is 313 g/mol. The number of anilines is 1. The Balaban J connectivity index is 2.70. The number of rotatable bonds is 3. The zero-order valence-corrected chi connectivity index (χ0v) is 13.0. The summed E-state index contributed by atoms with van der Waals surface area (Å²) in [7, 11) is -1.58. The molecule has 1 unspecified atom stereocenters. The van der Waals surface area contributed by atoms with Crippen LogP contribution < -0.4 is 5.73 Å². The maximum absolute atomic E-state index is 11.8. The number of hydrogen-bond acceptors (Lipinski definition) is 4. The lowest BCUT2D eigenvalue weighted by molar-refractivity contribution is 0.589. The summed E-state index contributed by atoms with van der Waals surface area (Å²) in [6.07, 6.45) is 1.18. The molecule has 0 saturated heterocycles. The SMILES string of the molecule is CC(c1nn(C)c(N)c1-c1cccc(Cl)c1)S(C)(=O)=O. The summed E-state index contributed by atoms with van der Waals surface area (Å²) in [6.45, 7) is 1.60. The van der Waals surface area contributed by atoms with Crippen molar-refractivity contribution >= 4 is 27.3 Å². The molecule has 0 aliphatic rings. The molecule has 7 heteroatoms. The van der Waals surface area contributed by atoms with Gasteiger partial charge in [0.15, 0.2) is 9.84 Å². The van der Waals surface area contributed by atoms with Gasteiger partial charge in [0.05, 0.1) is 5.69 Å². The van der Waals surface area contributed by atoms with Gasteiger partial charge in [-0.05, 0) is 24.6 Å². The summed E-state index contributed by atoms with van der Waals surface area (Å²) in [5.41, 5.74) is 7.85. The van der Waals surface area contributed by atoms with E-state index in [2.05, 4.69) is 5.10 Å². The maximum Gasteiger partial charge on any atom is 0.155 e. The maximum atomic E-state index is 11.8. The highest BCUT2D eigenvalue weighted by Crippen LogP contribution is 2.36. The first-order valence-corrected chi connectivity index (χ1v) is 8.32. The lowest BCUT2D eigenvalue weighted by atomic mass is 10.0. The highest BCUT2D eigenvalue weighted by Gasteiger charge is 2.26. The summed E-state index contributed by atoms with van der Waals surface area (Å²) in [6, 6.07) is 7.11. The van der Waals surface area contributed by atoms with Crippen LogP contribution in [0, 0.1) is 0 Å². The summed E-state index contributed by atoms with van der Waals surface area (Å²) in [4.78, 5) is 0. The minimum absolute atomic E-state index is 0.415. The number of aromatic nitrogens is 2. The molecule has 1 heterocycles. The number of nitrogens with zero attached hydrogens (tertiary/aromatic N) is 2. The molecule has 0 radical (unpaired) electrons. The fraction of sp³-hybridized carbons (Fsp3) is 0.308. The molecule has 2 aromatic rings. The van der Waals surface area contributed by atoms with Crippen molar-refractivity contribution in [3.05, 3.63) is 35.0 Å². The quantitative estimate of drug-likeness (QED) is 0.944. The van der Waals surface area contributed by atoms with Crippen LogP contribution in [0.2, 0.25) is 5.02 Å². The van der Waals surface area contributed by atoms with Gasteiger partial charge in [-0.2, -0.15) is 5.10 Å². The van der Waals surface area contributed by atoms with Crippen LogP contribution in [-0.2, 0) is 16.9 Å². The number of benzene rings is 1. The second-order valence-electron chi connectivity index (χ2n) is 4.75. The van der Waals surface area contributed by atoms with Crippen molar-refractivity contribution in [2.45, 2.75) is 12.2 Å². The number of halogens is 1. The van der Waals surface area contributed by atoms with Crippen molar-refractivity contribution in [3.63, 3.8) is 0 Å². The number of aryl methyl sites for hydroxylation is 1. The third kappa shape index (κ3) is 2.66. The number of nitrogen functional groups attached to an aromatic ring is 1. The van der Waals surface area contributed by atoms with Gasteiger partial charge in [0.1, 0.15) is 11.1 Å². The van der Waals surface area contributed by atoms with Crippen LogP contribution in [0.25, 0.3) is 11.1 Å². The molecule has 0 aliphatic heterocycles. The van der Waals surface area contributed by atoms with Crippen LogP contribution in [0.5, 0.6) is 0 Å². The van der Waals surface area contributed by atoms with Crippen LogP contribution in [0.3, 0.4) is 0 Å². The van der Waals surface area contributed by atoms with Crippen LogP contribution in [-0.4, -0.2) is 24.5 Å². The Labute approximate surface area is 123 Å². The van der Waals surface area contributed by atoms with Crippen LogP contribution in [0.1, 0.15) is 17.9 Å². The molecule has 0 amide bonds. The summed E-state index contributed by atoms with van der Waals surface area (Å²) in [5.74, 6) is 0.415. The first kappa shape index (κ1) is 14.9. The van der Waals surface area contributed by atoms with Crippen molar-refractivity contribution in [1.29, 1.82) is 0 Å². The fourth-order valence-corrected chi connectivity index (χ4v) is 2.75. The van der Waals surface area contributed by atoms with Crippen molar-refractivity contribution in [2.24, 2.45) is 7.05 Å². The third-order valence-electron chi connectivity index (χ3n) is 3.26. The van der Waals surface area contributed by atoms with E-state index in [4.69, 9.17) is 17.3 Å². The van der Waals surface area contributed by atoms with Gasteiger partial charge in [0.25, 0.3) is 0 Å². The average Bonchev–Trinajstić information content (AvgIpc) is 2.63. The minimum atomic E-state index is -3.26. The Bertz CT molecular complexity index is 753. The lowest BCUT2D eigenvalue weighted by Crippen LogP contribution is -2.09. The molecule has 20 heavy (non-hydrogen) atoms. The Morgan fingerprint density at radius 2 is 2.05 bits per heavy atom. The first-order chi connectivity index (χ1) is 9.21. The van der Waals surface area contributed by atoms with Gasteiger partial charge >= 0.3 is 0 Å². The lowest BCUT2D eigenvalue weighted by Gasteiger charge is -2.10. The van der Waals surface area contributed by atoms with E-state index in [1.165, 1.54) is 10.9 Å². The molecule has 0 fully saturated rings. The zero-order chi connectivity index (χ0) is 15.1. The van der Waals surface area contributed by atoms with Crippen molar-refractivity contribution in [2.75, 3.05) is 12.0 Å². The van der Waals surface area contributed by atoms with E-state index in [0.717, 1.165) is 5.56 Å². The summed E-state index contributed by atoms with van der Waals surface area (Å²) < 4.78 is 25.1. The molecule has 1 aromatic carbocycles. The standard InChI is InChI=1S/C13H16ClN3O2S/c1-8(20(3,18)19)12-11(13(15)17(2)16-12)9-5-4-6-10(14)7-9/h4-8H,15H2,1-3H3. The molecular formula is C13H16ClN3O2S. The van der Waals surface area contributed by atoms with Gasteiger partial charge in [-0.15, -0.1) is 0 Å². The average molecular weight is 314 g/mol. The van der Waals surface area contributed by atoms with E-state index in [0.29, 0.717) is 22.1 Å². The Hall–Kier alpha value is -1.53. The van der Waals surface area contributed by atoms with Gasteiger partial charge in [-0.1, -0.05) is 23.7 Å². The largest absolute Gasteiger partial charge is 0.383 e. The highest BCUT2D eigenvalue weighted by molar-refractivity contribution is 7.90. The molecule has 1 aromatic heterocycles. The van der Waals surface area contributed by atoms with Crippen molar-refractivity contribution in [3.8, 4) is 11.1 Å². The Morgan fingerprint density at radius 1 is 1.40 bits per heavy atom. The third-order valence-corrected chi connectivity index (χ3v) is 5.00. The minimum Gasteiger partial charge on any atom is -0.383 e. The highest BCUT2D eigenvalue weighted by atomic mass is 35.5. The number of sulfone groups is 1. The molecule has 0 spiro atoms. The van der Waals surface area contributed by atoms with E-state index < -0.39 is 15.1 Å². The number of nitrogens with two attached hydrogens (primary N) is 1. The van der Waals surface area contributed by atoms with Crippen LogP contribution >= 0.6 is 11.6 Å². The van der Waals surface area contributed by atoms with E-state index in [1.807, 2.05) is 6.07 Å². The molecule has 5 nitrogen and oxygen atoms in total. The Morgan fingerprint density at radius 3 is 2.60 bits per heavy atom. The first-order valence-electron chi connectivity index (χ1n) is 5.99. The normalized spacial score (nSPS) is 13.4. The van der Waals surface area contributed by atoms with Crippen LogP contribution in [0.15, 0.2) is 24.3 Å². The second-order valence-corrected chi connectivity index (χ2v) is 7.55. The zero-order valence-electron chi connectivity index (χ0n) is 11.5. The Kier molecular flexibility index (Phi) is 3.80. The van der Waals surface area contributed by atoms with Crippen molar-refractivity contribution < 1.29 is 8.42 Å². The second kappa shape index (κ2) is 5.10. The van der Waals surface area contributed by atoms with E-state index in [9.17, 15) is 8.42 Å². The topological polar surface area (TPSA) is 78.0 Å². The van der Waals surface area contributed by atoms with E-state index >= 15 is 0 Å². The fourth-order valence-electron chi connectivity index (χ4n) is 1.99. The molecule has 1 atom stereocenters. The summed E-state index contributed by atoms with van der Waals surface area (Å²) >= 11 is 5.99. The van der Waals surface area contributed by atoms with Gasteiger partial charge in [0, 0.05) is 23.9 Å². The molecule has 2 N–H and O–H groups in total. The molecule has 2 rings (SSSR count). The van der Waals surface area contributed by atoms with Crippen molar-refractivity contribution in [1.82, 2.24) is 9.78 Å². The molecule has 0 bridgehead atoms. The van der Waals surface area contributed by atoms with Gasteiger partial charge in [-0.25, -0.2) is 8.42 Å². The van der Waals surface area contributed by atoms with Gasteiger partial charge in [0.2, 0.25) is 0 Å².